The maximum Gasteiger partial charge on any atom is 0.332 e. The number of aromatic amines is 1. The van der Waals surface area contributed by atoms with Gasteiger partial charge in [-0.1, -0.05) is 13.8 Å². The van der Waals surface area contributed by atoms with E-state index in [-0.39, 0.29) is 24.8 Å². The largest absolute Gasteiger partial charge is 0.479 e. The molecule has 1 saturated heterocycles. The van der Waals surface area contributed by atoms with Gasteiger partial charge in [0.15, 0.2) is 11.8 Å². The van der Waals surface area contributed by atoms with Gasteiger partial charge in [-0.3, -0.25) is 5.10 Å². The highest BCUT2D eigenvalue weighted by Gasteiger charge is 2.40. The molecule has 174 valence electrons. The summed E-state index contributed by atoms with van der Waals surface area (Å²) in [5.41, 5.74) is 4.43. The average molecular weight is 461 g/mol. The Morgan fingerprint density at radius 1 is 1.41 bits per heavy atom. The van der Waals surface area contributed by atoms with Crippen LogP contribution in [0.5, 0.6) is 0 Å². The van der Waals surface area contributed by atoms with E-state index in [0.29, 0.717) is 23.1 Å². The van der Waals surface area contributed by atoms with Gasteiger partial charge in [-0.15, -0.1) is 0 Å². The van der Waals surface area contributed by atoms with Crippen molar-refractivity contribution in [2.75, 3.05) is 6.61 Å². The number of H-pyrrole nitrogens is 1. The SMILES string of the molecule is Cc1cc(-n2c(C(C)(C)CC#N)c([C@H]3CO[C@H](C(=O)O)C3)c3nc4[nH]ncc4cc32)ccc1F. The van der Waals surface area contributed by atoms with Crippen LogP contribution in [0.25, 0.3) is 27.8 Å². The van der Waals surface area contributed by atoms with Crippen molar-refractivity contribution in [1.29, 1.82) is 5.26 Å². The molecular weight excluding hydrogens is 437 g/mol. The molecule has 8 nitrogen and oxygen atoms in total. The van der Waals surface area contributed by atoms with E-state index < -0.39 is 17.5 Å². The van der Waals surface area contributed by atoms with Crippen LogP contribution in [0.3, 0.4) is 0 Å². The molecule has 0 aliphatic carbocycles. The Bertz CT molecular complexity index is 1480. The molecule has 2 N–H and O–H groups in total. The van der Waals surface area contributed by atoms with Crippen LogP contribution in [0.2, 0.25) is 0 Å². The zero-order valence-corrected chi connectivity index (χ0v) is 19.1. The second-order valence-electron chi connectivity index (χ2n) is 9.51. The zero-order chi connectivity index (χ0) is 24.2. The normalized spacial score (nSPS) is 18.6. The van der Waals surface area contributed by atoms with Crippen LogP contribution >= 0.6 is 0 Å². The number of aliphatic carboxylic acids is 1. The van der Waals surface area contributed by atoms with Crippen molar-refractivity contribution in [2.24, 2.45) is 0 Å². The first kappa shape index (κ1) is 22.0. The molecule has 0 unspecified atom stereocenters. The summed E-state index contributed by atoms with van der Waals surface area (Å²) in [6.45, 7) is 5.91. The van der Waals surface area contributed by atoms with E-state index in [1.807, 2.05) is 24.5 Å². The smallest absolute Gasteiger partial charge is 0.332 e. The number of carboxylic acids is 1. The van der Waals surface area contributed by atoms with Crippen LogP contribution in [0.1, 0.15) is 49.4 Å². The average Bonchev–Trinajstić information content (AvgIpc) is 3.50. The number of nitrogens with one attached hydrogen (secondary N) is 1. The lowest BCUT2D eigenvalue weighted by Gasteiger charge is -2.27. The van der Waals surface area contributed by atoms with Gasteiger partial charge in [0, 0.05) is 40.1 Å². The number of nitriles is 1. The van der Waals surface area contributed by atoms with Crippen LogP contribution in [-0.2, 0) is 14.9 Å². The standard InChI is InChI=1S/C25H24FN5O3/c1-13-8-16(4-5-17(13)26)31-18-9-14-11-28-30-23(14)29-21(18)20(22(31)25(2,3)6-7-27)15-10-19(24(32)33)34-12-15/h4-5,8-9,11,15,19H,6,10,12H2,1-3H3,(H,32,33)(H,28,29,30)/t15-,19+/m1/s1. The van der Waals surface area contributed by atoms with Gasteiger partial charge in [-0.05, 0) is 43.2 Å². The Balaban J connectivity index is 1.89. The highest BCUT2D eigenvalue weighted by molar-refractivity contribution is 5.94. The molecule has 9 heteroatoms. The van der Waals surface area contributed by atoms with Gasteiger partial charge in [0.1, 0.15) is 5.82 Å². The summed E-state index contributed by atoms with van der Waals surface area (Å²) in [5, 5.41) is 27.0. The molecule has 1 fully saturated rings. The van der Waals surface area contributed by atoms with Crippen LogP contribution in [-0.4, -0.2) is 43.5 Å². The van der Waals surface area contributed by atoms with E-state index in [1.54, 1.807) is 25.3 Å². The van der Waals surface area contributed by atoms with Gasteiger partial charge in [0.2, 0.25) is 0 Å². The van der Waals surface area contributed by atoms with E-state index >= 15 is 0 Å². The van der Waals surface area contributed by atoms with Gasteiger partial charge in [-0.25, -0.2) is 14.2 Å². The number of aromatic nitrogens is 4. The first-order valence-corrected chi connectivity index (χ1v) is 11.1. The highest BCUT2D eigenvalue weighted by atomic mass is 19.1. The van der Waals surface area contributed by atoms with Crippen molar-refractivity contribution in [1.82, 2.24) is 19.7 Å². The first-order chi connectivity index (χ1) is 16.2. The number of halogens is 1. The zero-order valence-electron chi connectivity index (χ0n) is 19.1. The van der Waals surface area contributed by atoms with Crippen molar-refractivity contribution in [3.8, 4) is 11.8 Å². The van der Waals surface area contributed by atoms with Crippen molar-refractivity contribution in [2.45, 2.75) is 51.0 Å². The van der Waals surface area contributed by atoms with E-state index in [2.05, 4.69) is 16.3 Å². The third kappa shape index (κ3) is 3.42. The molecule has 1 aliphatic rings. The molecule has 0 saturated carbocycles. The van der Waals surface area contributed by atoms with Gasteiger partial charge in [0.05, 0.1) is 29.9 Å². The maximum absolute atomic E-state index is 14.2. The summed E-state index contributed by atoms with van der Waals surface area (Å²) in [6, 6.07) is 9.17. The minimum atomic E-state index is -0.998. The number of carboxylic acid groups (broad SMARTS) is 1. The lowest BCUT2D eigenvalue weighted by atomic mass is 9.80. The van der Waals surface area contributed by atoms with E-state index in [0.717, 1.165) is 27.8 Å². The lowest BCUT2D eigenvalue weighted by molar-refractivity contribution is -0.147. The Morgan fingerprint density at radius 3 is 2.88 bits per heavy atom. The predicted molar refractivity (Wildman–Crippen MR) is 123 cm³/mol. The fraction of sp³-hybridized carbons (Fsp3) is 0.360. The summed E-state index contributed by atoms with van der Waals surface area (Å²) in [7, 11) is 0. The van der Waals surface area contributed by atoms with Crippen LogP contribution < -0.4 is 0 Å². The Morgan fingerprint density at radius 2 is 2.21 bits per heavy atom. The molecule has 34 heavy (non-hydrogen) atoms. The molecule has 1 aliphatic heterocycles. The van der Waals surface area contributed by atoms with Crippen LogP contribution in [0.15, 0.2) is 30.5 Å². The minimum absolute atomic E-state index is 0.228. The second-order valence-corrected chi connectivity index (χ2v) is 9.51. The first-order valence-electron chi connectivity index (χ1n) is 11.1. The Hall–Kier alpha value is -3.77. The topological polar surface area (TPSA) is 117 Å². The number of benzene rings is 1. The van der Waals surface area contributed by atoms with Gasteiger partial charge in [-0.2, -0.15) is 10.4 Å². The maximum atomic E-state index is 14.2. The molecule has 5 rings (SSSR count). The predicted octanol–water partition coefficient (Wildman–Crippen LogP) is 4.50. The van der Waals surface area contributed by atoms with Crippen molar-refractivity contribution >= 4 is 28.0 Å². The number of pyridine rings is 1. The van der Waals surface area contributed by atoms with Crippen molar-refractivity contribution in [3.05, 3.63) is 53.1 Å². The lowest BCUT2D eigenvalue weighted by Crippen LogP contribution is -2.24. The molecule has 2 atom stereocenters. The number of aryl methyl sites for hydroxylation is 1. The Labute approximate surface area is 195 Å². The van der Waals surface area contributed by atoms with E-state index in [4.69, 9.17) is 9.72 Å². The number of nitrogens with zero attached hydrogens (tertiary/aromatic N) is 4. The van der Waals surface area contributed by atoms with Crippen molar-refractivity contribution in [3.63, 3.8) is 0 Å². The van der Waals surface area contributed by atoms with Crippen molar-refractivity contribution < 1.29 is 19.0 Å². The van der Waals surface area contributed by atoms with Gasteiger partial charge in [0.25, 0.3) is 0 Å². The molecule has 0 bridgehead atoms. The quantitative estimate of drug-likeness (QED) is 0.452. The Kier molecular flexibility index (Phi) is 5.14. The summed E-state index contributed by atoms with van der Waals surface area (Å²) in [4.78, 5) is 16.5. The number of rotatable bonds is 5. The highest BCUT2D eigenvalue weighted by Crippen LogP contribution is 2.45. The molecule has 1 aromatic carbocycles. The second kappa shape index (κ2) is 7.92. The summed E-state index contributed by atoms with van der Waals surface area (Å²) < 4.78 is 21.8. The van der Waals surface area contributed by atoms with Gasteiger partial charge >= 0.3 is 5.97 Å². The fourth-order valence-electron chi connectivity index (χ4n) is 4.96. The monoisotopic (exact) mass is 461 g/mol. The number of ether oxygens (including phenoxy) is 1. The third-order valence-corrected chi connectivity index (χ3v) is 6.62. The summed E-state index contributed by atoms with van der Waals surface area (Å²) >= 11 is 0. The van der Waals surface area contributed by atoms with Gasteiger partial charge < -0.3 is 14.4 Å². The number of hydrogen-bond donors (Lipinski definition) is 2. The summed E-state index contributed by atoms with van der Waals surface area (Å²) in [5.74, 6) is -1.53. The minimum Gasteiger partial charge on any atom is -0.479 e. The third-order valence-electron chi connectivity index (χ3n) is 6.62. The summed E-state index contributed by atoms with van der Waals surface area (Å²) in [6.07, 6.45) is 1.31. The number of fused-ring (bicyclic) bond motifs is 2. The molecule has 4 aromatic rings. The molecule has 4 heterocycles. The number of carbonyl (C=O) groups is 1. The van der Waals surface area contributed by atoms with E-state index in [9.17, 15) is 19.6 Å². The van der Waals surface area contributed by atoms with Crippen LogP contribution in [0.4, 0.5) is 4.39 Å². The molecule has 3 aromatic heterocycles. The van der Waals surface area contributed by atoms with Crippen LogP contribution in [0, 0.1) is 24.1 Å². The molecule has 0 spiro atoms. The molecule has 0 amide bonds. The number of hydrogen-bond acceptors (Lipinski definition) is 5. The molecule has 0 radical (unpaired) electrons. The fourth-order valence-corrected chi connectivity index (χ4v) is 4.96. The molecular formula is C25H24FN5O3. The van der Waals surface area contributed by atoms with E-state index in [1.165, 1.54) is 6.07 Å².